The number of carbonyl (C=O) groups excluding carboxylic acids is 1. The number of nitrogens with two attached hydrogens (primary N) is 1. The normalized spacial score (nSPS) is 14.0. The third kappa shape index (κ3) is 4.26. The van der Waals surface area contributed by atoms with Crippen molar-refractivity contribution in [1.29, 1.82) is 0 Å². The Morgan fingerprint density at radius 3 is 2.67 bits per heavy atom. The molecule has 3 nitrogen and oxygen atoms in total. The lowest BCUT2D eigenvalue weighted by molar-refractivity contribution is -0.120. The van der Waals surface area contributed by atoms with Gasteiger partial charge < -0.3 is 11.1 Å². The molecule has 0 aliphatic heterocycles. The Labute approximate surface area is 114 Å². The van der Waals surface area contributed by atoms with E-state index in [0.717, 1.165) is 22.6 Å². The molecule has 4 heteroatoms. The third-order valence-electron chi connectivity index (χ3n) is 2.84. The average molecular weight is 266 g/mol. The minimum atomic E-state index is -0.135. The van der Waals surface area contributed by atoms with E-state index in [2.05, 4.69) is 12.2 Å². The van der Waals surface area contributed by atoms with Gasteiger partial charge in [-0.25, -0.2) is 0 Å². The van der Waals surface area contributed by atoms with Crippen LogP contribution in [0.15, 0.2) is 23.1 Å². The number of hydrogen-bond donors (Lipinski definition) is 2. The fourth-order valence-corrected chi connectivity index (χ4v) is 2.38. The third-order valence-corrected chi connectivity index (χ3v) is 4.03. The molecule has 0 saturated heterocycles. The summed E-state index contributed by atoms with van der Waals surface area (Å²) in [5.74, 6) is 0.0642. The Hall–Kier alpha value is -1.16. The van der Waals surface area contributed by atoms with Crippen molar-refractivity contribution < 1.29 is 4.79 Å². The molecule has 0 aromatic heterocycles. The number of aryl methyl sites for hydroxylation is 1. The van der Waals surface area contributed by atoms with Crippen molar-refractivity contribution >= 4 is 23.4 Å². The van der Waals surface area contributed by atoms with Gasteiger partial charge in [0.2, 0.25) is 5.91 Å². The van der Waals surface area contributed by atoms with E-state index in [1.807, 2.05) is 39.0 Å². The molecule has 0 spiro atoms. The monoisotopic (exact) mass is 266 g/mol. The second-order valence-corrected chi connectivity index (χ2v) is 6.00. The van der Waals surface area contributed by atoms with Crippen molar-refractivity contribution in [2.24, 2.45) is 0 Å². The number of amides is 1. The van der Waals surface area contributed by atoms with Crippen molar-refractivity contribution in [3.8, 4) is 0 Å². The van der Waals surface area contributed by atoms with Gasteiger partial charge in [-0.3, -0.25) is 4.79 Å². The largest absolute Gasteiger partial charge is 0.398 e. The lowest BCUT2D eigenvalue weighted by atomic mass is 10.2. The van der Waals surface area contributed by atoms with Crippen molar-refractivity contribution in [2.45, 2.75) is 50.3 Å². The van der Waals surface area contributed by atoms with Gasteiger partial charge in [-0.1, -0.05) is 13.0 Å². The predicted molar refractivity (Wildman–Crippen MR) is 78.8 cm³/mol. The summed E-state index contributed by atoms with van der Waals surface area (Å²) >= 11 is 1.50. The molecular formula is C14H22N2OS. The highest BCUT2D eigenvalue weighted by Gasteiger charge is 2.16. The minimum absolute atomic E-state index is 0.0642. The van der Waals surface area contributed by atoms with Crippen LogP contribution in [0.2, 0.25) is 0 Å². The van der Waals surface area contributed by atoms with Crippen LogP contribution in [0, 0.1) is 6.92 Å². The van der Waals surface area contributed by atoms with Crippen LogP contribution in [0.5, 0.6) is 0 Å². The summed E-state index contributed by atoms with van der Waals surface area (Å²) < 4.78 is 0. The Morgan fingerprint density at radius 1 is 1.44 bits per heavy atom. The Kier molecular flexibility index (Phi) is 5.54. The first-order valence-electron chi connectivity index (χ1n) is 6.27. The maximum atomic E-state index is 11.9. The fourth-order valence-electron chi connectivity index (χ4n) is 1.48. The van der Waals surface area contributed by atoms with Crippen LogP contribution in [0.25, 0.3) is 0 Å². The number of nitrogen functional groups attached to an aromatic ring is 1. The fraction of sp³-hybridized carbons (Fsp3) is 0.500. The molecule has 3 N–H and O–H groups in total. The first kappa shape index (κ1) is 14.9. The maximum absolute atomic E-state index is 11.9. The summed E-state index contributed by atoms with van der Waals surface area (Å²) in [6.07, 6.45) is 0.940. The molecule has 0 radical (unpaired) electrons. The number of hydrogen-bond acceptors (Lipinski definition) is 3. The molecular weight excluding hydrogens is 244 g/mol. The molecule has 1 aromatic carbocycles. The minimum Gasteiger partial charge on any atom is -0.398 e. The van der Waals surface area contributed by atoms with E-state index in [1.54, 1.807) is 0 Å². The molecule has 0 bridgehead atoms. The number of benzene rings is 1. The molecule has 1 rings (SSSR count). The molecule has 18 heavy (non-hydrogen) atoms. The van der Waals surface area contributed by atoms with E-state index in [9.17, 15) is 4.79 Å². The lowest BCUT2D eigenvalue weighted by Crippen LogP contribution is -2.37. The highest BCUT2D eigenvalue weighted by molar-refractivity contribution is 8.00. The van der Waals surface area contributed by atoms with Crippen LogP contribution in [-0.2, 0) is 4.79 Å². The predicted octanol–water partition coefficient (Wildman–Crippen LogP) is 2.97. The summed E-state index contributed by atoms with van der Waals surface area (Å²) in [4.78, 5) is 12.9. The second-order valence-electron chi connectivity index (χ2n) is 4.62. The van der Waals surface area contributed by atoms with Gasteiger partial charge in [0, 0.05) is 16.6 Å². The van der Waals surface area contributed by atoms with E-state index in [0.29, 0.717) is 0 Å². The SMILES string of the molecule is CCC(C)NC(=O)C(C)Sc1ccc(C)cc1N. The first-order chi connectivity index (χ1) is 8.43. The van der Waals surface area contributed by atoms with Crippen LogP contribution >= 0.6 is 11.8 Å². The number of carbonyl (C=O) groups is 1. The maximum Gasteiger partial charge on any atom is 0.233 e. The molecule has 0 saturated carbocycles. The molecule has 1 amide bonds. The van der Waals surface area contributed by atoms with E-state index in [1.165, 1.54) is 11.8 Å². The molecule has 0 fully saturated rings. The average Bonchev–Trinajstić information content (AvgIpc) is 2.32. The van der Waals surface area contributed by atoms with Crippen LogP contribution in [0.3, 0.4) is 0 Å². The van der Waals surface area contributed by atoms with E-state index in [-0.39, 0.29) is 17.2 Å². The summed E-state index contributed by atoms with van der Waals surface area (Å²) in [7, 11) is 0. The molecule has 0 heterocycles. The van der Waals surface area contributed by atoms with Crippen LogP contribution in [-0.4, -0.2) is 17.2 Å². The molecule has 1 aromatic rings. The Morgan fingerprint density at radius 2 is 2.11 bits per heavy atom. The molecule has 2 unspecified atom stereocenters. The van der Waals surface area contributed by atoms with Crippen molar-refractivity contribution in [1.82, 2.24) is 5.32 Å². The van der Waals surface area contributed by atoms with E-state index in [4.69, 9.17) is 5.73 Å². The van der Waals surface area contributed by atoms with Crippen molar-refractivity contribution in [2.75, 3.05) is 5.73 Å². The van der Waals surface area contributed by atoms with Gasteiger partial charge in [-0.05, 0) is 44.9 Å². The highest BCUT2D eigenvalue weighted by Crippen LogP contribution is 2.29. The number of rotatable bonds is 5. The second kappa shape index (κ2) is 6.69. The van der Waals surface area contributed by atoms with E-state index >= 15 is 0 Å². The quantitative estimate of drug-likeness (QED) is 0.636. The van der Waals surface area contributed by atoms with E-state index < -0.39 is 0 Å². The lowest BCUT2D eigenvalue weighted by Gasteiger charge is -2.16. The summed E-state index contributed by atoms with van der Waals surface area (Å²) in [5, 5.41) is 2.84. The number of nitrogens with one attached hydrogen (secondary N) is 1. The number of anilines is 1. The Balaban J connectivity index is 2.63. The number of thioether (sulfide) groups is 1. The van der Waals surface area contributed by atoms with Gasteiger partial charge >= 0.3 is 0 Å². The zero-order valence-corrected chi connectivity index (χ0v) is 12.3. The van der Waals surface area contributed by atoms with Crippen molar-refractivity contribution in [3.05, 3.63) is 23.8 Å². The standard InChI is InChI=1S/C14H22N2OS/c1-5-10(3)16-14(17)11(4)18-13-7-6-9(2)8-12(13)15/h6-8,10-11H,5,15H2,1-4H3,(H,16,17). The summed E-state index contributed by atoms with van der Waals surface area (Å²) in [6, 6.07) is 6.14. The van der Waals surface area contributed by atoms with Gasteiger partial charge in [0.15, 0.2) is 0 Å². The van der Waals surface area contributed by atoms with Crippen molar-refractivity contribution in [3.63, 3.8) is 0 Å². The summed E-state index contributed by atoms with van der Waals surface area (Å²) in [6.45, 7) is 7.97. The van der Waals surface area contributed by atoms with Crippen LogP contribution < -0.4 is 11.1 Å². The first-order valence-corrected chi connectivity index (χ1v) is 7.15. The zero-order chi connectivity index (χ0) is 13.7. The molecule has 2 atom stereocenters. The smallest absolute Gasteiger partial charge is 0.233 e. The van der Waals surface area contributed by atoms with Gasteiger partial charge in [0.05, 0.1) is 5.25 Å². The topological polar surface area (TPSA) is 55.1 Å². The molecule has 0 aliphatic carbocycles. The molecule has 100 valence electrons. The van der Waals surface area contributed by atoms with Gasteiger partial charge in [-0.2, -0.15) is 0 Å². The van der Waals surface area contributed by atoms with Gasteiger partial charge in [0.25, 0.3) is 0 Å². The zero-order valence-electron chi connectivity index (χ0n) is 11.5. The summed E-state index contributed by atoms with van der Waals surface area (Å²) in [5.41, 5.74) is 7.82. The Bertz CT molecular complexity index is 420. The van der Waals surface area contributed by atoms with Gasteiger partial charge in [-0.15, -0.1) is 11.8 Å². The molecule has 0 aliphatic rings. The van der Waals surface area contributed by atoms with Gasteiger partial charge in [0.1, 0.15) is 0 Å². The highest BCUT2D eigenvalue weighted by atomic mass is 32.2. The van der Waals surface area contributed by atoms with Crippen LogP contribution in [0.4, 0.5) is 5.69 Å². The van der Waals surface area contributed by atoms with Crippen LogP contribution in [0.1, 0.15) is 32.8 Å².